The van der Waals surface area contributed by atoms with Crippen molar-refractivity contribution in [2.75, 3.05) is 6.61 Å². The Hall–Kier alpha value is -3.29. The summed E-state index contributed by atoms with van der Waals surface area (Å²) < 4.78 is 182. The summed E-state index contributed by atoms with van der Waals surface area (Å²) >= 11 is 0. The van der Waals surface area contributed by atoms with Crippen LogP contribution in [0, 0.1) is 0 Å². The molecule has 0 heterocycles. The molecule has 224 valence electrons. The number of hydrogen-bond acceptors (Lipinski definition) is 1. The zero-order valence-corrected chi connectivity index (χ0v) is 20.4. The molecule has 14 heteroatoms. The van der Waals surface area contributed by atoms with E-state index in [1.165, 1.54) is 72.8 Å². The third-order valence-corrected chi connectivity index (χ3v) is 6.27. The van der Waals surface area contributed by atoms with Gasteiger partial charge in [0.05, 0.1) is 6.61 Å². The van der Waals surface area contributed by atoms with Gasteiger partial charge in [-0.2, -0.15) is 57.1 Å². The Kier molecular flexibility index (Phi) is 8.52. The lowest BCUT2D eigenvalue weighted by Crippen LogP contribution is -2.70. The quantitative estimate of drug-likeness (QED) is 0.156. The SMILES string of the molecule is FC(F)(F)C(F)(F)C(F)(F)C(F)(F)C(F)(F)C(F)(F)CCOC(c1ccccc1)(c1ccccc1)c1ccccc1. The van der Waals surface area contributed by atoms with Gasteiger partial charge in [-0.25, -0.2) is 0 Å². The van der Waals surface area contributed by atoms with Gasteiger partial charge in [-0.15, -0.1) is 0 Å². The molecule has 0 saturated carbocycles. The molecular formula is C27H19F13O. The normalized spacial score (nSPS) is 14.3. The second-order valence-corrected chi connectivity index (χ2v) is 8.88. The van der Waals surface area contributed by atoms with Crippen LogP contribution in [0.3, 0.4) is 0 Å². The predicted octanol–water partition coefficient (Wildman–Crippen LogP) is 9.12. The molecule has 0 bridgehead atoms. The molecule has 0 radical (unpaired) electrons. The third-order valence-electron chi connectivity index (χ3n) is 6.27. The molecule has 3 aromatic rings. The van der Waals surface area contributed by atoms with E-state index in [-0.39, 0.29) is 16.7 Å². The summed E-state index contributed by atoms with van der Waals surface area (Å²) in [6.45, 7) is -1.57. The molecular weight excluding hydrogens is 587 g/mol. The van der Waals surface area contributed by atoms with E-state index < -0.39 is 54.4 Å². The van der Waals surface area contributed by atoms with Gasteiger partial charge in [0.15, 0.2) is 0 Å². The van der Waals surface area contributed by atoms with Crippen LogP contribution in [0.5, 0.6) is 0 Å². The van der Waals surface area contributed by atoms with Crippen LogP contribution in [0.1, 0.15) is 23.1 Å². The van der Waals surface area contributed by atoms with E-state index in [4.69, 9.17) is 4.74 Å². The van der Waals surface area contributed by atoms with Gasteiger partial charge in [0.25, 0.3) is 0 Å². The van der Waals surface area contributed by atoms with E-state index in [1.807, 2.05) is 0 Å². The maximum atomic E-state index is 14.5. The fourth-order valence-corrected chi connectivity index (χ4v) is 4.06. The molecule has 3 rings (SSSR count). The molecule has 0 aromatic heterocycles. The first-order valence-corrected chi connectivity index (χ1v) is 11.5. The minimum Gasteiger partial charge on any atom is -0.361 e. The highest BCUT2D eigenvalue weighted by molar-refractivity contribution is 5.47. The molecule has 0 unspecified atom stereocenters. The summed E-state index contributed by atoms with van der Waals surface area (Å²) in [7, 11) is 0. The van der Waals surface area contributed by atoms with E-state index in [0.717, 1.165) is 0 Å². The van der Waals surface area contributed by atoms with Gasteiger partial charge in [-0.05, 0) is 16.7 Å². The van der Waals surface area contributed by atoms with Crippen LogP contribution in [-0.2, 0) is 10.3 Å². The lowest BCUT2D eigenvalue weighted by atomic mass is 9.80. The van der Waals surface area contributed by atoms with Gasteiger partial charge in [0.1, 0.15) is 5.60 Å². The fraction of sp³-hybridized carbons (Fsp3) is 0.333. The highest BCUT2D eigenvalue weighted by Crippen LogP contribution is 2.60. The maximum Gasteiger partial charge on any atom is 0.460 e. The molecule has 0 fully saturated rings. The van der Waals surface area contributed by atoms with Gasteiger partial charge < -0.3 is 4.74 Å². The number of alkyl halides is 13. The largest absolute Gasteiger partial charge is 0.460 e. The summed E-state index contributed by atoms with van der Waals surface area (Å²) in [4.78, 5) is 0. The average molecular weight is 606 g/mol. The van der Waals surface area contributed by atoms with Gasteiger partial charge in [0, 0.05) is 6.42 Å². The van der Waals surface area contributed by atoms with Crippen LogP contribution in [0.15, 0.2) is 91.0 Å². The van der Waals surface area contributed by atoms with Crippen molar-refractivity contribution >= 4 is 0 Å². The summed E-state index contributed by atoms with van der Waals surface area (Å²) in [5.41, 5.74) is -1.18. The highest BCUT2D eigenvalue weighted by atomic mass is 19.4. The first kappa shape index (κ1) is 32.2. The predicted molar refractivity (Wildman–Crippen MR) is 121 cm³/mol. The molecule has 0 aliphatic heterocycles. The summed E-state index contributed by atoms with van der Waals surface area (Å²) in [5.74, 6) is -37.2. The Balaban J connectivity index is 2.03. The second-order valence-electron chi connectivity index (χ2n) is 8.88. The van der Waals surface area contributed by atoms with E-state index in [1.54, 1.807) is 18.2 Å². The van der Waals surface area contributed by atoms with Crippen LogP contribution in [0.25, 0.3) is 0 Å². The topological polar surface area (TPSA) is 9.23 Å². The number of halogens is 13. The van der Waals surface area contributed by atoms with E-state index in [0.29, 0.717) is 0 Å². The molecule has 0 saturated heterocycles. The van der Waals surface area contributed by atoms with Crippen molar-refractivity contribution in [1.29, 1.82) is 0 Å². The fourth-order valence-electron chi connectivity index (χ4n) is 4.06. The molecule has 0 aliphatic carbocycles. The zero-order valence-electron chi connectivity index (χ0n) is 20.4. The van der Waals surface area contributed by atoms with Crippen molar-refractivity contribution in [3.8, 4) is 0 Å². The number of ether oxygens (including phenoxy) is 1. The Bertz CT molecular complexity index is 1180. The van der Waals surface area contributed by atoms with Gasteiger partial charge >= 0.3 is 35.8 Å². The molecule has 41 heavy (non-hydrogen) atoms. The standard InChI is InChI=1S/C27H19F13O/c28-21(29,23(30,31)24(32,33)25(34,35)26(36,37)27(38,39)40)16-17-41-22(18-10-4-1-5-11-18,19-12-6-2-7-13-19)20-14-8-3-9-15-20/h1-15H,16-17H2. The third kappa shape index (κ3) is 5.26. The molecule has 0 spiro atoms. The molecule has 0 atom stereocenters. The summed E-state index contributed by atoms with van der Waals surface area (Å²) in [6.07, 6.45) is -9.94. The first-order chi connectivity index (χ1) is 18.8. The number of benzene rings is 3. The molecule has 0 aliphatic rings. The monoisotopic (exact) mass is 606 g/mol. The lowest BCUT2D eigenvalue weighted by Gasteiger charge is -2.40. The maximum absolute atomic E-state index is 14.5. The molecule has 0 N–H and O–H groups in total. The lowest BCUT2D eigenvalue weighted by molar-refractivity contribution is -0.440. The van der Waals surface area contributed by atoms with Crippen LogP contribution in [-0.4, -0.2) is 42.4 Å². The Labute approximate surface area is 224 Å². The van der Waals surface area contributed by atoms with Crippen molar-refractivity contribution in [1.82, 2.24) is 0 Å². The van der Waals surface area contributed by atoms with Gasteiger partial charge in [-0.3, -0.25) is 0 Å². The van der Waals surface area contributed by atoms with E-state index in [9.17, 15) is 57.1 Å². The van der Waals surface area contributed by atoms with Crippen molar-refractivity contribution in [3.05, 3.63) is 108 Å². The summed E-state index contributed by atoms with van der Waals surface area (Å²) in [5, 5.41) is 0. The minimum absolute atomic E-state index is 0.231. The highest BCUT2D eigenvalue weighted by Gasteiger charge is 2.90. The van der Waals surface area contributed by atoms with Crippen molar-refractivity contribution < 1.29 is 61.8 Å². The smallest absolute Gasteiger partial charge is 0.361 e. The number of hydrogen-bond donors (Lipinski definition) is 0. The Morgan fingerprint density at radius 2 is 0.732 bits per heavy atom. The van der Waals surface area contributed by atoms with E-state index in [2.05, 4.69) is 0 Å². The molecule has 0 amide bonds. The summed E-state index contributed by atoms with van der Waals surface area (Å²) in [6, 6.07) is 22.5. The van der Waals surface area contributed by atoms with Crippen LogP contribution in [0.2, 0.25) is 0 Å². The van der Waals surface area contributed by atoms with Crippen LogP contribution in [0.4, 0.5) is 57.1 Å². The first-order valence-electron chi connectivity index (χ1n) is 11.5. The molecule has 1 nitrogen and oxygen atoms in total. The zero-order chi connectivity index (χ0) is 31.0. The van der Waals surface area contributed by atoms with Gasteiger partial charge in [-0.1, -0.05) is 91.0 Å². The van der Waals surface area contributed by atoms with Crippen LogP contribution < -0.4 is 0 Å². The minimum atomic E-state index is -7.95. The van der Waals surface area contributed by atoms with E-state index >= 15 is 0 Å². The Morgan fingerprint density at radius 1 is 0.415 bits per heavy atom. The van der Waals surface area contributed by atoms with Crippen molar-refractivity contribution in [2.45, 2.75) is 47.8 Å². The van der Waals surface area contributed by atoms with Crippen molar-refractivity contribution in [2.24, 2.45) is 0 Å². The Morgan fingerprint density at radius 3 is 1.05 bits per heavy atom. The van der Waals surface area contributed by atoms with Crippen molar-refractivity contribution in [3.63, 3.8) is 0 Å². The molecule has 3 aromatic carbocycles. The van der Waals surface area contributed by atoms with Gasteiger partial charge in [0.2, 0.25) is 0 Å². The second kappa shape index (κ2) is 10.8. The number of rotatable bonds is 11. The van der Waals surface area contributed by atoms with Crippen LogP contribution >= 0.6 is 0 Å². The average Bonchev–Trinajstić information content (AvgIpc) is 2.91.